The van der Waals surface area contributed by atoms with Crippen LogP contribution in [0.1, 0.15) is 27.0 Å². The van der Waals surface area contributed by atoms with Gasteiger partial charge >= 0.3 is 0 Å². The number of piperazine rings is 1. The molecule has 1 heterocycles. The summed E-state index contributed by atoms with van der Waals surface area (Å²) in [6.45, 7) is 7.23. The summed E-state index contributed by atoms with van der Waals surface area (Å²) in [4.78, 5) is 14.8. The average Bonchev–Trinajstić information content (AvgIpc) is 2.66. The lowest BCUT2D eigenvalue weighted by Crippen LogP contribution is -2.47. The molecule has 0 spiro atoms. The second kappa shape index (κ2) is 8.43. The van der Waals surface area contributed by atoms with E-state index in [2.05, 4.69) is 10.2 Å². The summed E-state index contributed by atoms with van der Waals surface area (Å²) in [6.07, 6.45) is 1.25. The molecule has 0 aromatic heterocycles. The van der Waals surface area contributed by atoms with Gasteiger partial charge < -0.3 is 5.32 Å². The Morgan fingerprint density at radius 1 is 1.00 bits per heavy atom. The van der Waals surface area contributed by atoms with Crippen LogP contribution in [0.25, 0.3) is 0 Å². The Labute approximate surface area is 167 Å². The van der Waals surface area contributed by atoms with Crippen LogP contribution in [0.5, 0.6) is 0 Å². The molecule has 1 fully saturated rings. The third-order valence-corrected chi connectivity index (χ3v) is 6.58. The summed E-state index contributed by atoms with van der Waals surface area (Å²) >= 11 is 0. The van der Waals surface area contributed by atoms with E-state index in [9.17, 15) is 13.2 Å². The minimum absolute atomic E-state index is 0.123. The lowest BCUT2D eigenvalue weighted by molar-refractivity contribution is 0.102. The van der Waals surface area contributed by atoms with Crippen LogP contribution in [0.15, 0.2) is 42.5 Å². The molecule has 150 valence electrons. The van der Waals surface area contributed by atoms with Crippen LogP contribution in [0.3, 0.4) is 0 Å². The fraction of sp³-hybridized carbons (Fsp3) is 0.381. The third-order valence-electron chi connectivity index (χ3n) is 5.28. The normalized spacial score (nSPS) is 16.1. The number of amides is 1. The number of aryl methyl sites for hydroxylation is 1. The van der Waals surface area contributed by atoms with Crippen LogP contribution < -0.4 is 5.32 Å². The molecule has 0 radical (unpaired) electrons. The molecule has 6 nitrogen and oxygen atoms in total. The smallest absolute Gasteiger partial charge is 0.255 e. The Morgan fingerprint density at radius 3 is 2.25 bits per heavy atom. The van der Waals surface area contributed by atoms with Crippen LogP contribution in [0.4, 0.5) is 5.69 Å². The quantitative estimate of drug-likeness (QED) is 0.836. The molecule has 0 aliphatic carbocycles. The van der Waals surface area contributed by atoms with Crippen molar-refractivity contribution in [3.63, 3.8) is 0 Å². The number of sulfonamides is 1. The molecule has 1 aliphatic heterocycles. The van der Waals surface area contributed by atoms with Gasteiger partial charge in [-0.3, -0.25) is 9.69 Å². The molecule has 0 saturated carbocycles. The van der Waals surface area contributed by atoms with E-state index in [1.54, 1.807) is 0 Å². The number of carbonyl (C=O) groups excluding carboxylic acids is 1. The van der Waals surface area contributed by atoms with Gasteiger partial charge in [-0.05, 0) is 48.7 Å². The van der Waals surface area contributed by atoms with Crippen molar-refractivity contribution in [2.24, 2.45) is 0 Å². The van der Waals surface area contributed by atoms with Crippen LogP contribution >= 0.6 is 0 Å². The fourth-order valence-electron chi connectivity index (χ4n) is 3.32. The van der Waals surface area contributed by atoms with Crippen molar-refractivity contribution >= 4 is 21.6 Å². The first kappa shape index (κ1) is 20.5. The van der Waals surface area contributed by atoms with E-state index in [0.717, 1.165) is 28.9 Å². The topological polar surface area (TPSA) is 69.7 Å². The van der Waals surface area contributed by atoms with Crippen LogP contribution in [0.2, 0.25) is 0 Å². The molecule has 0 unspecified atom stereocenters. The molecule has 7 heteroatoms. The van der Waals surface area contributed by atoms with E-state index in [1.807, 2.05) is 56.3 Å². The van der Waals surface area contributed by atoms with Gasteiger partial charge in [-0.1, -0.05) is 24.3 Å². The Hall–Kier alpha value is -2.22. The summed E-state index contributed by atoms with van der Waals surface area (Å²) in [7, 11) is -3.11. The summed E-state index contributed by atoms with van der Waals surface area (Å²) in [6, 6.07) is 13.5. The van der Waals surface area contributed by atoms with Gasteiger partial charge in [0.15, 0.2) is 0 Å². The summed E-state index contributed by atoms with van der Waals surface area (Å²) in [5.41, 5.74) is 4.77. The van der Waals surface area contributed by atoms with Crippen LogP contribution in [-0.2, 0) is 16.6 Å². The standard InChI is InChI=1S/C21H27N3O3S/c1-16-5-4-6-20(17(16)2)22-21(25)19-9-7-18(8-10-19)15-23-11-13-24(14-12-23)28(3,26)27/h4-10H,11-15H2,1-3H3,(H,22,25). The predicted octanol–water partition coefficient (Wildman–Crippen LogP) is 2.63. The Morgan fingerprint density at radius 2 is 1.64 bits per heavy atom. The lowest BCUT2D eigenvalue weighted by atomic mass is 10.1. The summed E-state index contributed by atoms with van der Waals surface area (Å²) < 4.78 is 24.7. The highest BCUT2D eigenvalue weighted by Gasteiger charge is 2.23. The lowest BCUT2D eigenvalue weighted by Gasteiger charge is -2.33. The van der Waals surface area contributed by atoms with Gasteiger partial charge in [0.2, 0.25) is 10.0 Å². The molecule has 28 heavy (non-hydrogen) atoms. The molecule has 1 N–H and O–H groups in total. The molecular weight excluding hydrogens is 374 g/mol. The van der Waals surface area contributed by atoms with Crippen molar-refractivity contribution in [1.82, 2.24) is 9.21 Å². The first-order valence-corrected chi connectivity index (χ1v) is 11.2. The monoisotopic (exact) mass is 401 g/mol. The van der Waals surface area contributed by atoms with Crippen LogP contribution in [0, 0.1) is 13.8 Å². The van der Waals surface area contributed by atoms with E-state index in [-0.39, 0.29) is 5.91 Å². The van der Waals surface area contributed by atoms with E-state index < -0.39 is 10.0 Å². The largest absolute Gasteiger partial charge is 0.322 e. The summed E-state index contributed by atoms with van der Waals surface area (Å²) in [5, 5.41) is 2.98. The van der Waals surface area contributed by atoms with Crippen molar-refractivity contribution in [2.45, 2.75) is 20.4 Å². The van der Waals surface area contributed by atoms with Gasteiger partial charge in [-0.25, -0.2) is 8.42 Å². The second-order valence-corrected chi connectivity index (χ2v) is 9.32. The third kappa shape index (κ3) is 4.98. The zero-order chi connectivity index (χ0) is 20.3. The van der Waals surface area contributed by atoms with Crippen molar-refractivity contribution < 1.29 is 13.2 Å². The average molecular weight is 402 g/mol. The van der Waals surface area contributed by atoms with E-state index in [0.29, 0.717) is 31.7 Å². The highest BCUT2D eigenvalue weighted by atomic mass is 32.2. The highest BCUT2D eigenvalue weighted by molar-refractivity contribution is 7.88. The van der Waals surface area contributed by atoms with Crippen molar-refractivity contribution in [3.8, 4) is 0 Å². The van der Waals surface area contributed by atoms with Gasteiger partial charge in [-0.15, -0.1) is 0 Å². The highest BCUT2D eigenvalue weighted by Crippen LogP contribution is 2.19. The maximum absolute atomic E-state index is 12.5. The van der Waals surface area contributed by atoms with Gasteiger partial charge in [0.1, 0.15) is 0 Å². The minimum atomic E-state index is -3.11. The molecule has 3 rings (SSSR count). The van der Waals surface area contributed by atoms with Crippen molar-refractivity contribution in [1.29, 1.82) is 0 Å². The first-order chi connectivity index (χ1) is 13.2. The molecule has 1 amide bonds. The Kier molecular flexibility index (Phi) is 6.17. The Bertz CT molecular complexity index is 947. The minimum Gasteiger partial charge on any atom is -0.322 e. The number of anilines is 1. The number of hydrogen-bond acceptors (Lipinski definition) is 4. The maximum Gasteiger partial charge on any atom is 0.255 e. The van der Waals surface area contributed by atoms with Gasteiger partial charge in [0, 0.05) is 44.0 Å². The van der Waals surface area contributed by atoms with E-state index in [4.69, 9.17) is 0 Å². The number of carbonyl (C=O) groups is 1. The fourth-order valence-corrected chi connectivity index (χ4v) is 4.15. The van der Waals surface area contributed by atoms with Gasteiger partial charge in [0.05, 0.1) is 6.26 Å². The predicted molar refractivity (Wildman–Crippen MR) is 112 cm³/mol. The molecule has 2 aromatic carbocycles. The van der Waals surface area contributed by atoms with E-state index in [1.165, 1.54) is 10.6 Å². The second-order valence-electron chi connectivity index (χ2n) is 7.34. The number of nitrogens with one attached hydrogen (secondary N) is 1. The Balaban J connectivity index is 1.58. The van der Waals surface area contributed by atoms with Crippen LogP contribution in [-0.4, -0.2) is 56.0 Å². The van der Waals surface area contributed by atoms with Crippen molar-refractivity contribution in [3.05, 3.63) is 64.7 Å². The zero-order valence-electron chi connectivity index (χ0n) is 16.6. The molecular formula is C21H27N3O3S. The van der Waals surface area contributed by atoms with E-state index >= 15 is 0 Å². The molecule has 0 atom stereocenters. The molecule has 1 saturated heterocycles. The maximum atomic E-state index is 12.5. The zero-order valence-corrected chi connectivity index (χ0v) is 17.4. The number of hydrogen-bond donors (Lipinski definition) is 1. The van der Waals surface area contributed by atoms with Crippen molar-refractivity contribution in [2.75, 3.05) is 37.8 Å². The molecule has 2 aromatic rings. The van der Waals surface area contributed by atoms with Gasteiger partial charge in [-0.2, -0.15) is 4.31 Å². The molecule has 1 aliphatic rings. The SMILES string of the molecule is Cc1cccc(NC(=O)c2ccc(CN3CCN(S(C)(=O)=O)CC3)cc2)c1C. The number of benzene rings is 2. The number of nitrogens with zero attached hydrogens (tertiary/aromatic N) is 2. The molecule has 0 bridgehead atoms. The van der Waals surface area contributed by atoms with Gasteiger partial charge in [0.25, 0.3) is 5.91 Å². The number of rotatable bonds is 5. The first-order valence-electron chi connectivity index (χ1n) is 9.38. The summed E-state index contributed by atoms with van der Waals surface area (Å²) in [5.74, 6) is -0.123.